The number of nitrogens with zero attached hydrogens (tertiary/aromatic N) is 1. The van der Waals surface area contributed by atoms with Crippen molar-refractivity contribution in [1.82, 2.24) is 10.3 Å². The molecule has 1 unspecified atom stereocenters. The van der Waals surface area contributed by atoms with Gasteiger partial charge in [0.1, 0.15) is 5.69 Å². The summed E-state index contributed by atoms with van der Waals surface area (Å²) < 4.78 is 0. The molecule has 3 N–H and O–H groups in total. The van der Waals surface area contributed by atoms with Gasteiger partial charge in [0.15, 0.2) is 0 Å². The van der Waals surface area contributed by atoms with E-state index in [1.54, 1.807) is 30.3 Å². The zero-order chi connectivity index (χ0) is 16.1. The molecule has 1 amide bonds. The Kier molecular flexibility index (Phi) is 4.52. The number of aromatic amines is 1. The van der Waals surface area contributed by atoms with Gasteiger partial charge in [0.05, 0.1) is 23.6 Å². The summed E-state index contributed by atoms with van der Waals surface area (Å²) in [6.45, 7) is 0. The molecule has 0 saturated carbocycles. The van der Waals surface area contributed by atoms with E-state index in [0.717, 1.165) is 12.3 Å². The summed E-state index contributed by atoms with van der Waals surface area (Å²) in [4.78, 5) is 35.5. The zero-order valence-corrected chi connectivity index (χ0v) is 11.4. The van der Waals surface area contributed by atoms with E-state index >= 15 is 0 Å². The van der Waals surface area contributed by atoms with Crippen molar-refractivity contribution in [3.8, 4) is 0 Å². The monoisotopic (exact) mass is 303 g/mol. The molecule has 1 aromatic heterocycles. The van der Waals surface area contributed by atoms with Crippen molar-refractivity contribution in [2.24, 2.45) is 0 Å². The van der Waals surface area contributed by atoms with Crippen molar-refractivity contribution in [2.45, 2.75) is 12.5 Å². The standard InChI is InChI=1S/C14H13N3O5/c18-13(19)7-11(9-4-2-1-3-5-9)16-14(20)12-6-10(8-15-12)17(21)22/h1-6,8,11,15H,7H2,(H,16,20)(H,18,19). The van der Waals surface area contributed by atoms with Crippen molar-refractivity contribution >= 4 is 17.6 Å². The highest BCUT2D eigenvalue weighted by molar-refractivity contribution is 5.93. The van der Waals surface area contributed by atoms with Gasteiger partial charge in [0, 0.05) is 6.07 Å². The Morgan fingerprint density at radius 3 is 2.55 bits per heavy atom. The fourth-order valence-electron chi connectivity index (χ4n) is 1.97. The maximum atomic E-state index is 12.1. The van der Waals surface area contributed by atoms with E-state index in [1.165, 1.54) is 0 Å². The van der Waals surface area contributed by atoms with Crippen LogP contribution in [0.2, 0.25) is 0 Å². The number of carboxylic acid groups (broad SMARTS) is 1. The fourth-order valence-corrected chi connectivity index (χ4v) is 1.97. The van der Waals surface area contributed by atoms with Crippen LogP contribution in [0.3, 0.4) is 0 Å². The fraction of sp³-hybridized carbons (Fsp3) is 0.143. The average Bonchev–Trinajstić information content (AvgIpc) is 2.97. The predicted molar refractivity (Wildman–Crippen MR) is 76.3 cm³/mol. The van der Waals surface area contributed by atoms with Crippen LogP contribution in [0.25, 0.3) is 0 Å². The SMILES string of the molecule is O=C(O)CC(NC(=O)c1cc([N+](=O)[O-])c[nH]1)c1ccccc1. The third-order valence-corrected chi connectivity index (χ3v) is 3.01. The Morgan fingerprint density at radius 1 is 1.32 bits per heavy atom. The van der Waals surface area contributed by atoms with Gasteiger partial charge in [-0.2, -0.15) is 0 Å². The van der Waals surface area contributed by atoms with Crippen LogP contribution < -0.4 is 5.32 Å². The minimum Gasteiger partial charge on any atom is -0.481 e. The summed E-state index contributed by atoms with van der Waals surface area (Å²) in [6.07, 6.45) is 0.808. The summed E-state index contributed by atoms with van der Waals surface area (Å²) in [5, 5.41) is 22.1. The first-order chi connectivity index (χ1) is 10.5. The Bertz CT molecular complexity index is 696. The second-order valence-corrected chi connectivity index (χ2v) is 4.56. The Hall–Kier alpha value is -3.16. The second kappa shape index (κ2) is 6.53. The van der Waals surface area contributed by atoms with Gasteiger partial charge in [-0.05, 0) is 5.56 Å². The number of carboxylic acids is 1. The average molecular weight is 303 g/mol. The highest BCUT2D eigenvalue weighted by Gasteiger charge is 2.21. The number of hydrogen-bond donors (Lipinski definition) is 3. The number of aromatic nitrogens is 1. The molecule has 0 bridgehead atoms. The van der Waals surface area contributed by atoms with Crippen molar-refractivity contribution in [3.63, 3.8) is 0 Å². The minimum atomic E-state index is -1.06. The number of carbonyl (C=O) groups excluding carboxylic acids is 1. The Balaban J connectivity index is 2.17. The number of amides is 1. The number of nitro groups is 1. The van der Waals surface area contributed by atoms with E-state index in [0.29, 0.717) is 5.56 Å². The number of rotatable bonds is 6. The van der Waals surface area contributed by atoms with Crippen LogP contribution >= 0.6 is 0 Å². The summed E-state index contributed by atoms with van der Waals surface area (Å²) in [5.41, 5.74) is 0.400. The molecule has 1 aromatic carbocycles. The Labute approximate surface area is 124 Å². The molecule has 22 heavy (non-hydrogen) atoms. The highest BCUT2D eigenvalue weighted by Crippen LogP contribution is 2.18. The number of aliphatic carboxylic acids is 1. The van der Waals surface area contributed by atoms with Gasteiger partial charge in [0.2, 0.25) is 0 Å². The number of carbonyl (C=O) groups is 2. The van der Waals surface area contributed by atoms with Crippen LogP contribution in [0.1, 0.15) is 28.5 Å². The van der Waals surface area contributed by atoms with E-state index in [2.05, 4.69) is 10.3 Å². The molecule has 0 aliphatic carbocycles. The molecule has 0 spiro atoms. The summed E-state index contributed by atoms with van der Waals surface area (Å²) >= 11 is 0. The smallest absolute Gasteiger partial charge is 0.305 e. The lowest BCUT2D eigenvalue weighted by atomic mass is 10.0. The predicted octanol–water partition coefficient (Wildman–Crippen LogP) is 1.87. The van der Waals surface area contributed by atoms with Crippen molar-refractivity contribution < 1.29 is 19.6 Å². The quantitative estimate of drug-likeness (QED) is 0.555. The van der Waals surface area contributed by atoms with Crippen molar-refractivity contribution in [2.75, 3.05) is 0 Å². The van der Waals surface area contributed by atoms with Gasteiger partial charge >= 0.3 is 5.97 Å². The van der Waals surface area contributed by atoms with E-state index in [-0.39, 0.29) is 17.8 Å². The molecule has 0 radical (unpaired) electrons. The van der Waals surface area contributed by atoms with E-state index in [1.807, 2.05) is 0 Å². The summed E-state index contributed by atoms with van der Waals surface area (Å²) in [7, 11) is 0. The van der Waals surface area contributed by atoms with Crippen LogP contribution in [0.5, 0.6) is 0 Å². The van der Waals surface area contributed by atoms with Gasteiger partial charge in [-0.25, -0.2) is 0 Å². The van der Waals surface area contributed by atoms with E-state index in [9.17, 15) is 19.7 Å². The van der Waals surface area contributed by atoms with Gasteiger partial charge in [0.25, 0.3) is 11.6 Å². The van der Waals surface area contributed by atoms with Crippen molar-refractivity contribution in [1.29, 1.82) is 0 Å². The lowest BCUT2D eigenvalue weighted by Crippen LogP contribution is -2.30. The molecule has 0 fully saturated rings. The molecular weight excluding hydrogens is 290 g/mol. The maximum absolute atomic E-state index is 12.1. The lowest BCUT2D eigenvalue weighted by molar-refractivity contribution is -0.384. The third-order valence-electron chi connectivity index (χ3n) is 3.01. The molecule has 2 rings (SSSR count). The van der Waals surface area contributed by atoms with Crippen molar-refractivity contribution in [3.05, 3.63) is 64.0 Å². The molecule has 8 heteroatoms. The minimum absolute atomic E-state index is 0.00183. The van der Waals surface area contributed by atoms with Gasteiger partial charge in [-0.3, -0.25) is 19.7 Å². The first kappa shape index (κ1) is 15.2. The molecule has 114 valence electrons. The summed E-state index contributed by atoms with van der Waals surface area (Å²) in [5.74, 6) is -1.67. The lowest BCUT2D eigenvalue weighted by Gasteiger charge is -2.16. The molecule has 0 aliphatic heterocycles. The van der Waals surface area contributed by atoms with Crippen LogP contribution in [-0.2, 0) is 4.79 Å². The molecule has 0 saturated heterocycles. The van der Waals surface area contributed by atoms with Gasteiger partial charge < -0.3 is 15.4 Å². The van der Waals surface area contributed by atoms with E-state index in [4.69, 9.17) is 5.11 Å². The van der Waals surface area contributed by atoms with Gasteiger partial charge in [-0.15, -0.1) is 0 Å². The maximum Gasteiger partial charge on any atom is 0.305 e. The molecule has 2 aromatic rings. The topological polar surface area (TPSA) is 125 Å². The molecule has 1 atom stereocenters. The number of H-pyrrole nitrogens is 1. The first-order valence-corrected chi connectivity index (χ1v) is 6.38. The zero-order valence-electron chi connectivity index (χ0n) is 11.4. The van der Waals surface area contributed by atoms with Crippen LogP contribution in [0.4, 0.5) is 5.69 Å². The number of nitrogens with one attached hydrogen (secondary N) is 2. The van der Waals surface area contributed by atoms with Gasteiger partial charge in [-0.1, -0.05) is 30.3 Å². The third kappa shape index (κ3) is 3.69. The number of benzene rings is 1. The normalized spacial score (nSPS) is 11.6. The molecule has 1 heterocycles. The van der Waals surface area contributed by atoms with E-state index < -0.39 is 22.8 Å². The molecular formula is C14H13N3O5. The first-order valence-electron chi connectivity index (χ1n) is 6.38. The Morgan fingerprint density at radius 2 is 2.00 bits per heavy atom. The highest BCUT2D eigenvalue weighted by atomic mass is 16.6. The van der Waals surface area contributed by atoms with Crippen LogP contribution in [-0.4, -0.2) is 26.9 Å². The number of hydrogen-bond acceptors (Lipinski definition) is 4. The molecule has 8 nitrogen and oxygen atoms in total. The summed E-state index contributed by atoms with van der Waals surface area (Å²) in [6, 6.07) is 9.01. The largest absolute Gasteiger partial charge is 0.481 e. The molecule has 0 aliphatic rings. The second-order valence-electron chi connectivity index (χ2n) is 4.56. The van der Waals surface area contributed by atoms with Crippen LogP contribution in [0, 0.1) is 10.1 Å². The van der Waals surface area contributed by atoms with Crippen LogP contribution in [0.15, 0.2) is 42.6 Å².